The van der Waals surface area contributed by atoms with E-state index in [1.54, 1.807) is 11.6 Å². The van der Waals surface area contributed by atoms with Gasteiger partial charge < -0.3 is 16.8 Å². The topological polar surface area (TPSA) is 81.1 Å². The van der Waals surface area contributed by atoms with E-state index in [2.05, 4.69) is 83.3 Å². The third kappa shape index (κ3) is 14.1. The Morgan fingerprint density at radius 3 is 2.20 bits per heavy atom. The summed E-state index contributed by atoms with van der Waals surface area (Å²) in [4.78, 5) is 11.7. The van der Waals surface area contributed by atoms with Crippen LogP contribution in [-0.4, -0.2) is 18.9 Å². The van der Waals surface area contributed by atoms with Crippen LogP contribution in [0.4, 0.5) is 0 Å². The Balaban J connectivity index is 0. The minimum Gasteiger partial charge on any atom is -0.405 e. The zero-order chi connectivity index (χ0) is 31.8. The molecule has 0 radical (unpaired) electrons. The van der Waals surface area contributed by atoms with Crippen molar-refractivity contribution in [2.45, 2.75) is 118 Å². The van der Waals surface area contributed by atoms with Gasteiger partial charge in [0.05, 0.1) is 5.70 Å². The average Bonchev–Trinajstić information content (AvgIpc) is 3.29. The molecule has 1 aromatic rings. The molecule has 1 heterocycles. The highest BCUT2D eigenvalue weighted by atomic mass is 16.1. The molecule has 2 aliphatic rings. The van der Waals surface area contributed by atoms with Crippen molar-refractivity contribution >= 4 is 6.29 Å². The minimum atomic E-state index is 0.181. The summed E-state index contributed by atoms with van der Waals surface area (Å²) in [5.74, 6) is 0.850. The van der Waals surface area contributed by atoms with Crippen molar-refractivity contribution in [1.82, 2.24) is 5.32 Å². The first-order chi connectivity index (χ1) is 19.8. The summed E-state index contributed by atoms with van der Waals surface area (Å²) in [6, 6.07) is 5.09. The van der Waals surface area contributed by atoms with E-state index in [-0.39, 0.29) is 6.04 Å². The van der Waals surface area contributed by atoms with E-state index >= 15 is 0 Å². The molecule has 4 nitrogen and oxygen atoms in total. The summed E-state index contributed by atoms with van der Waals surface area (Å²) in [6.45, 7) is 28.0. The van der Waals surface area contributed by atoms with Crippen LogP contribution in [0.25, 0.3) is 0 Å². The van der Waals surface area contributed by atoms with Crippen molar-refractivity contribution in [2.75, 3.05) is 6.54 Å². The van der Waals surface area contributed by atoms with Gasteiger partial charge in [0.1, 0.15) is 0 Å². The number of aryl methyl sites for hydroxylation is 3. The maximum Gasteiger partial charge on any atom is 0.165 e. The Bertz CT molecular complexity index is 938. The van der Waals surface area contributed by atoms with Crippen molar-refractivity contribution in [2.24, 2.45) is 17.4 Å². The summed E-state index contributed by atoms with van der Waals surface area (Å²) in [5.41, 5.74) is 20.0. The number of unbranched alkanes of at least 4 members (excludes halogenated alkanes) is 2. The molecular formula is C37H63N3O. The molecule has 0 fully saturated rings. The molecule has 1 aromatic carbocycles. The molecule has 0 saturated heterocycles. The Hall–Kier alpha value is -2.85. The Kier molecular flexibility index (Phi) is 24.5. The van der Waals surface area contributed by atoms with Crippen LogP contribution in [0, 0.1) is 12.8 Å². The maximum atomic E-state index is 11.7. The number of carbonyl (C=O) groups excluding carboxylic acids is 1. The van der Waals surface area contributed by atoms with Gasteiger partial charge in [-0.15, -0.1) is 19.7 Å². The second-order valence-electron chi connectivity index (χ2n) is 10.4. The van der Waals surface area contributed by atoms with Crippen molar-refractivity contribution < 1.29 is 4.79 Å². The summed E-state index contributed by atoms with van der Waals surface area (Å²) >= 11 is 0. The van der Waals surface area contributed by atoms with Crippen LogP contribution >= 0.6 is 0 Å². The van der Waals surface area contributed by atoms with Gasteiger partial charge in [-0.3, -0.25) is 4.79 Å². The number of hydrogen-bond donors (Lipinski definition) is 3. The molecule has 41 heavy (non-hydrogen) atoms. The van der Waals surface area contributed by atoms with Crippen LogP contribution < -0.4 is 16.8 Å². The highest BCUT2D eigenvalue weighted by molar-refractivity contribution is 5.75. The molecule has 4 heteroatoms. The van der Waals surface area contributed by atoms with E-state index in [1.165, 1.54) is 72.6 Å². The molecule has 0 aromatic heterocycles. The predicted octanol–water partition coefficient (Wildman–Crippen LogP) is 9.00. The van der Waals surface area contributed by atoms with Gasteiger partial charge in [-0.2, -0.15) is 0 Å². The first-order valence-corrected chi connectivity index (χ1v) is 15.7. The van der Waals surface area contributed by atoms with Crippen LogP contribution in [0.5, 0.6) is 0 Å². The maximum absolute atomic E-state index is 11.7. The van der Waals surface area contributed by atoms with Crippen LogP contribution in [0.15, 0.2) is 73.6 Å². The normalized spacial score (nSPS) is 18.7. The van der Waals surface area contributed by atoms with Gasteiger partial charge in [0.15, 0.2) is 6.29 Å². The molecule has 1 aliphatic carbocycles. The Labute approximate surface area is 254 Å². The molecule has 3 unspecified atom stereocenters. The van der Waals surface area contributed by atoms with Crippen molar-refractivity contribution in [3.8, 4) is 0 Å². The van der Waals surface area contributed by atoms with Gasteiger partial charge in [-0.05, 0) is 99.7 Å². The fourth-order valence-electron chi connectivity index (χ4n) is 5.66. The standard InChI is InChI=1S/C28H42N2O.C3H6.C2H5N.C2H6.C2H4/c1-5-6-7-10-22-15-20(3)28(23-11-8-9-19(2)14-23)24(16-22)12-13-25-21(4)26(17-29)30-27(25)18-31;1-3-2;1-2-3;2*1-2/h14-16,18,21,23,26,30H,5-13,17,29H2,1-4H3;3H,1H2,2H3;2H,1,3H2;1-2H3;1-2H2. The smallest absolute Gasteiger partial charge is 0.165 e. The molecule has 232 valence electrons. The molecule has 0 spiro atoms. The van der Waals surface area contributed by atoms with Crippen LogP contribution in [0.1, 0.15) is 115 Å². The fourth-order valence-corrected chi connectivity index (χ4v) is 5.66. The number of allylic oxidation sites excluding steroid dienone is 4. The molecule has 0 bridgehead atoms. The van der Waals surface area contributed by atoms with Crippen LogP contribution in [0.3, 0.4) is 0 Å². The van der Waals surface area contributed by atoms with Crippen LogP contribution in [-0.2, 0) is 17.6 Å². The average molecular weight is 566 g/mol. The monoisotopic (exact) mass is 565 g/mol. The van der Waals surface area contributed by atoms with Gasteiger partial charge >= 0.3 is 0 Å². The Morgan fingerprint density at radius 2 is 1.68 bits per heavy atom. The molecule has 0 saturated carbocycles. The van der Waals surface area contributed by atoms with Gasteiger partial charge in [0.2, 0.25) is 0 Å². The number of hydrogen-bond acceptors (Lipinski definition) is 4. The zero-order valence-electron chi connectivity index (χ0n) is 27.7. The molecule has 3 rings (SSSR count). The number of nitrogens with two attached hydrogens (primary N) is 2. The molecule has 5 N–H and O–H groups in total. The van der Waals surface area contributed by atoms with Gasteiger partial charge in [-0.25, -0.2) is 0 Å². The SMILES string of the molecule is C=C.C=CC.C=CN.CC.CCCCCc1cc(C)c(C2C=C(C)CCC2)c(CCC2=C(C=O)NC(CN)C2C)c1. The van der Waals surface area contributed by atoms with Crippen molar-refractivity contribution in [3.05, 3.63) is 95.9 Å². The second kappa shape index (κ2) is 24.9. The zero-order valence-corrected chi connectivity index (χ0v) is 27.7. The predicted molar refractivity (Wildman–Crippen MR) is 184 cm³/mol. The van der Waals surface area contributed by atoms with Gasteiger partial charge in [0, 0.05) is 24.4 Å². The van der Waals surface area contributed by atoms with E-state index in [0.717, 1.165) is 31.2 Å². The lowest BCUT2D eigenvalue weighted by Gasteiger charge is -2.26. The molecule has 0 amide bonds. The van der Waals surface area contributed by atoms with E-state index in [1.807, 2.05) is 20.8 Å². The van der Waals surface area contributed by atoms with Gasteiger partial charge in [-0.1, -0.05) is 77.0 Å². The second-order valence-corrected chi connectivity index (χ2v) is 10.4. The number of nitrogens with one attached hydrogen (secondary N) is 1. The van der Waals surface area contributed by atoms with E-state index in [4.69, 9.17) is 5.73 Å². The summed E-state index contributed by atoms with van der Waals surface area (Å²) in [5, 5.41) is 3.34. The molecule has 3 atom stereocenters. The first-order valence-electron chi connectivity index (χ1n) is 15.7. The highest BCUT2D eigenvalue weighted by Gasteiger charge is 2.30. The van der Waals surface area contributed by atoms with Crippen LogP contribution in [0.2, 0.25) is 0 Å². The lowest BCUT2D eigenvalue weighted by atomic mass is 9.79. The molecule has 1 aliphatic heterocycles. The number of aldehydes is 1. The van der Waals surface area contributed by atoms with Crippen molar-refractivity contribution in [3.63, 3.8) is 0 Å². The van der Waals surface area contributed by atoms with E-state index in [9.17, 15) is 4.79 Å². The van der Waals surface area contributed by atoms with E-state index in [0.29, 0.717) is 18.4 Å². The lowest BCUT2D eigenvalue weighted by molar-refractivity contribution is -0.105. The summed E-state index contributed by atoms with van der Waals surface area (Å²) in [7, 11) is 0. The first kappa shape index (κ1) is 40.3. The summed E-state index contributed by atoms with van der Waals surface area (Å²) in [6.07, 6.45) is 17.2. The Morgan fingerprint density at radius 1 is 1.07 bits per heavy atom. The molecular weight excluding hydrogens is 502 g/mol. The highest BCUT2D eigenvalue weighted by Crippen LogP contribution is 2.37. The largest absolute Gasteiger partial charge is 0.405 e. The van der Waals surface area contributed by atoms with E-state index < -0.39 is 0 Å². The van der Waals surface area contributed by atoms with Crippen molar-refractivity contribution in [1.29, 1.82) is 0 Å². The summed E-state index contributed by atoms with van der Waals surface area (Å²) < 4.78 is 0. The number of benzene rings is 1. The minimum absolute atomic E-state index is 0.181. The fraction of sp³-hybridized carbons (Fsp3) is 0.541. The quantitative estimate of drug-likeness (QED) is 0.150. The number of carbonyl (C=O) groups is 1. The third-order valence-electron chi connectivity index (χ3n) is 7.42. The van der Waals surface area contributed by atoms with Gasteiger partial charge in [0.25, 0.3) is 0 Å². The third-order valence-corrected chi connectivity index (χ3v) is 7.42. The number of rotatable bonds is 10. The lowest BCUT2D eigenvalue weighted by Crippen LogP contribution is -2.35.